The lowest BCUT2D eigenvalue weighted by molar-refractivity contribution is -0.0223. The molecule has 0 amide bonds. The van der Waals surface area contributed by atoms with Crippen LogP contribution in [0.4, 0.5) is 0 Å². The molecule has 108 valence electrons. The molecule has 2 aliphatic heterocycles. The van der Waals surface area contributed by atoms with Gasteiger partial charge in [-0.2, -0.15) is 5.10 Å². The van der Waals surface area contributed by atoms with Crippen LogP contribution in [0.1, 0.15) is 42.7 Å². The van der Waals surface area contributed by atoms with E-state index in [9.17, 15) is 0 Å². The van der Waals surface area contributed by atoms with Crippen molar-refractivity contribution in [3.63, 3.8) is 0 Å². The summed E-state index contributed by atoms with van der Waals surface area (Å²) in [4.78, 5) is 1.28. The van der Waals surface area contributed by atoms with Crippen LogP contribution in [0.15, 0.2) is 46.9 Å². The van der Waals surface area contributed by atoms with Gasteiger partial charge >= 0.3 is 0 Å². The van der Waals surface area contributed by atoms with Gasteiger partial charge in [-0.25, -0.2) is 0 Å². The number of nitrogens with zero attached hydrogens (tertiary/aromatic N) is 2. The second-order valence-electron chi connectivity index (χ2n) is 5.52. The normalized spacial score (nSPS) is 23.3. The smallest absolute Gasteiger partial charge is 0.187 e. The first-order chi connectivity index (χ1) is 10.4. The number of benzene rings is 1. The second kappa shape index (κ2) is 5.19. The molecule has 2 aliphatic rings. The van der Waals surface area contributed by atoms with E-state index >= 15 is 0 Å². The summed E-state index contributed by atoms with van der Waals surface area (Å²) < 4.78 is 6.17. The second-order valence-corrected chi connectivity index (χ2v) is 6.47. The molecule has 0 fully saturated rings. The summed E-state index contributed by atoms with van der Waals surface area (Å²) in [6, 6.07) is 13.0. The molecule has 1 aromatic carbocycles. The van der Waals surface area contributed by atoms with Gasteiger partial charge in [0, 0.05) is 18.4 Å². The molecule has 3 nitrogen and oxygen atoms in total. The molecule has 1 aromatic heterocycles. The van der Waals surface area contributed by atoms with Gasteiger partial charge in [0.15, 0.2) is 6.23 Å². The maximum Gasteiger partial charge on any atom is 0.187 e. The molecule has 0 spiro atoms. The Kier molecular flexibility index (Phi) is 3.19. The van der Waals surface area contributed by atoms with Gasteiger partial charge in [-0.15, -0.1) is 11.3 Å². The van der Waals surface area contributed by atoms with Crippen molar-refractivity contribution in [2.75, 3.05) is 0 Å². The minimum atomic E-state index is 0.0624. The molecule has 0 N–H and O–H groups in total. The Morgan fingerprint density at radius 2 is 2.19 bits per heavy atom. The highest BCUT2D eigenvalue weighted by Crippen LogP contribution is 2.43. The summed E-state index contributed by atoms with van der Waals surface area (Å²) in [5.74, 6) is 1.03. The van der Waals surface area contributed by atoms with E-state index < -0.39 is 0 Å². The van der Waals surface area contributed by atoms with Crippen molar-refractivity contribution in [1.29, 1.82) is 0 Å². The Morgan fingerprint density at radius 3 is 3.00 bits per heavy atom. The quantitative estimate of drug-likeness (QED) is 0.838. The fourth-order valence-electron chi connectivity index (χ4n) is 3.14. The number of para-hydroxylation sites is 1. The summed E-state index contributed by atoms with van der Waals surface area (Å²) in [5.41, 5.74) is 2.46. The van der Waals surface area contributed by atoms with Crippen LogP contribution in [-0.4, -0.2) is 16.9 Å². The molecule has 21 heavy (non-hydrogen) atoms. The number of hydrogen-bond donors (Lipinski definition) is 0. The lowest BCUT2D eigenvalue weighted by atomic mass is 9.98. The minimum Gasteiger partial charge on any atom is -0.469 e. The Bertz CT molecular complexity index is 665. The van der Waals surface area contributed by atoms with Gasteiger partial charge in [-0.3, -0.25) is 5.01 Å². The van der Waals surface area contributed by atoms with Crippen molar-refractivity contribution < 1.29 is 4.74 Å². The van der Waals surface area contributed by atoms with Crippen LogP contribution in [0.5, 0.6) is 5.75 Å². The third kappa shape index (κ3) is 2.14. The van der Waals surface area contributed by atoms with Gasteiger partial charge in [-0.05, 0) is 17.5 Å². The maximum absolute atomic E-state index is 6.17. The van der Waals surface area contributed by atoms with E-state index in [2.05, 4.69) is 47.6 Å². The molecule has 4 rings (SSSR count). The Hall–Kier alpha value is -1.81. The predicted octanol–water partition coefficient (Wildman–Crippen LogP) is 4.42. The van der Waals surface area contributed by atoms with Gasteiger partial charge in [0.1, 0.15) is 5.75 Å². The van der Waals surface area contributed by atoms with Gasteiger partial charge in [-0.1, -0.05) is 37.6 Å². The van der Waals surface area contributed by atoms with Crippen LogP contribution < -0.4 is 4.74 Å². The first-order valence-corrected chi connectivity index (χ1v) is 8.40. The molecule has 4 heteroatoms. The average Bonchev–Trinajstić information content (AvgIpc) is 3.17. The minimum absolute atomic E-state index is 0.0624. The number of thiophene rings is 1. The number of hydrogen-bond acceptors (Lipinski definition) is 4. The molecular formula is C17H18N2OS. The van der Waals surface area contributed by atoms with Crippen LogP contribution in [-0.2, 0) is 0 Å². The molecule has 0 aliphatic carbocycles. The fraction of sp³-hybridized carbons (Fsp3) is 0.353. The lowest BCUT2D eigenvalue weighted by Crippen LogP contribution is -2.40. The number of fused-ring (bicyclic) bond motifs is 3. The van der Waals surface area contributed by atoms with Gasteiger partial charge in [0.2, 0.25) is 0 Å². The zero-order valence-electron chi connectivity index (χ0n) is 12.0. The zero-order valence-corrected chi connectivity index (χ0v) is 12.8. The van der Waals surface area contributed by atoms with E-state index in [4.69, 9.17) is 9.84 Å². The first kappa shape index (κ1) is 12.9. The van der Waals surface area contributed by atoms with E-state index in [1.54, 1.807) is 11.3 Å². The van der Waals surface area contributed by atoms with Crippen molar-refractivity contribution in [1.82, 2.24) is 5.01 Å². The molecular weight excluding hydrogens is 280 g/mol. The highest BCUT2D eigenvalue weighted by Gasteiger charge is 2.39. The largest absolute Gasteiger partial charge is 0.469 e. The molecule has 2 aromatic rings. The van der Waals surface area contributed by atoms with Gasteiger partial charge < -0.3 is 4.74 Å². The van der Waals surface area contributed by atoms with Crippen LogP contribution in [0.3, 0.4) is 0 Å². The van der Waals surface area contributed by atoms with Crippen molar-refractivity contribution in [3.05, 3.63) is 52.2 Å². The van der Waals surface area contributed by atoms with Crippen LogP contribution in [0, 0.1) is 0 Å². The topological polar surface area (TPSA) is 24.8 Å². The summed E-state index contributed by atoms with van der Waals surface area (Å²) >= 11 is 1.76. The molecule has 0 radical (unpaired) electrons. The molecule has 0 saturated carbocycles. The monoisotopic (exact) mass is 298 g/mol. The van der Waals surface area contributed by atoms with Gasteiger partial charge in [0.05, 0.1) is 16.6 Å². The highest BCUT2D eigenvalue weighted by atomic mass is 32.1. The summed E-state index contributed by atoms with van der Waals surface area (Å²) in [5, 5.41) is 9.18. The fourth-order valence-corrected chi connectivity index (χ4v) is 3.86. The summed E-state index contributed by atoms with van der Waals surface area (Å²) in [6.07, 6.45) is 3.14. The predicted molar refractivity (Wildman–Crippen MR) is 85.8 cm³/mol. The van der Waals surface area contributed by atoms with E-state index in [1.165, 1.54) is 16.2 Å². The summed E-state index contributed by atoms with van der Waals surface area (Å²) in [6.45, 7) is 2.19. The maximum atomic E-state index is 6.17. The van der Waals surface area contributed by atoms with Crippen LogP contribution >= 0.6 is 11.3 Å². The standard InChI is InChI=1S/C17H18N2OS/c1-2-6-17-19-14(12-7-3-4-8-15(12)20-17)11-13(18-19)16-9-5-10-21-16/h3-5,7-10,14,17H,2,6,11H2,1H3/t14-,17+/m1/s1. The third-order valence-corrected chi connectivity index (χ3v) is 5.04. The molecule has 3 heterocycles. The average molecular weight is 298 g/mol. The zero-order chi connectivity index (χ0) is 14.2. The van der Waals surface area contributed by atoms with E-state index in [0.717, 1.165) is 25.0 Å². The molecule has 2 atom stereocenters. The number of rotatable bonds is 3. The first-order valence-electron chi connectivity index (χ1n) is 7.52. The van der Waals surface area contributed by atoms with Gasteiger partial charge in [0.25, 0.3) is 0 Å². The molecule has 0 saturated heterocycles. The Balaban J connectivity index is 1.73. The highest BCUT2D eigenvalue weighted by molar-refractivity contribution is 7.12. The third-order valence-electron chi connectivity index (χ3n) is 4.12. The van der Waals surface area contributed by atoms with Crippen molar-refractivity contribution in [2.45, 2.75) is 38.5 Å². The lowest BCUT2D eigenvalue weighted by Gasteiger charge is -2.38. The van der Waals surface area contributed by atoms with Crippen molar-refractivity contribution in [2.24, 2.45) is 5.10 Å². The van der Waals surface area contributed by atoms with E-state index in [0.29, 0.717) is 6.04 Å². The Morgan fingerprint density at radius 1 is 1.29 bits per heavy atom. The van der Waals surface area contributed by atoms with Crippen LogP contribution in [0.25, 0.3) is 0 Å². The van der Waals surface area contributed by atoms with Crippen LogP contribution in [0.2, 0.25) is 0 Å². The number of ether oxygens (including phenoxy) is 1. The Labute approximate surface area is 128 Å². The number of hydrazone groups is 1. The van der Waals surface area contributed by atoms with Crippen molar-refractivity contribution in [3.8, 4) is 5.75 Å². The SMILES string of the molecule is CCC[C@@H]1Oc2ccccc2[C@H]2CC(c3cccs3)=NN12. The van der Waals surface area contributed by atoms with E-state index in [1.807, 2.05) is 6.07 Å². The molecule has 0 bridgehead atoms. The molecule has 0 unspecified atom stereocenters. The summed E-state index contributed by atoms with van der Waals surface area (Å²) in [7, 11) is 0. The van der Waals surface area contributed by atoms with E-state index in [-0.39, 0.29) is 6.23 Å². The van der Waals surface area contributed by atoms with Crippen molar-refractivity contribution >= 4 is 17.0 Å².